The summed E-state index contributed by atoms with van der Waals surface area (Å²) in [6.45, 7) is 2.49. The summed E-state index contributed by atoms with van der Waals surface area (Å²) in [6.07, 6.45) is 3.67. The van der Waals surface area contributed by atoms with E-state index in [-0.39, 0.29) is 5.97 Å². The van der Waals surface area contributed by atoms with Crippen molar-refractivity contribution in [1.29, 1.82) is 0 Å². The lowest BCUT2D eigenvalue weighted by atomic mass is 10.00. The van der Waals surface area contributed by atoms with Crippen molar-refractivity contribution in [1.82, 2.24) is 0 Å². The van der Waals surface area contributed by atoms with E-state index in [2.05, 4.69) is 6.07 Å². The van der Waals surface area contributed by atoms with E-state index in [9.17, 15) is 4.79 Å². The molecule has 1 aromatic carbocycles. The summed E-state index contributed by atoms with van der Waals surface area (Å²) < 4.78 is 9.98. The first kappa shape index (κ1) is 14.4. The molecule has 1 aromatic rings. The molecule has 1 aliphatic heterocycles. The van der Waals surface area contributed by atoms with Gasteiger partial charge >= 0.3 is 5.97 Å². The third-order valence-corrected chi connectivity index (χ3v) is 3.99. The molecular formula is C15H19ClO3. The van der Waals surface area contributed by atoms with Crippen LogP contribution in [0.1, 0.15) is 30.4 Å². The summed E-state index contributed by atoms with van der Waals surface area (Å²) in [6, 6.07) is 6.16. The van der Waals surface area contributed by atoms with Gasteiger partial charge in [-0.25, -0.2) is 4.79 Å². The van der Waals surface area contributed by atoms with Crippen LogP contribution >= 0.6 is 11.6 Å². The molecule has 2 rings (SSSR count). The summed E-state index contributed by atoms with van der Waals surface area (Å²) in [5, 5.41) is 0.814. The van der Waals surface area contributed by atoms with Crippen LogP contribution in [0.3, 0.4) is 0 Å². The molecule has 1 fully saturated rings. The van der Waals surface area contributed by atoms with Crippen LogP contribution in [-0.2, 0) is 20.7 Å². The van der Waals surface area contributed by atoms with E-state index in [1.54, 1.807) is 0 Å². The van der Waals surface area contributed by atoms with Crippen molar-refractivity contribution >= 4 is 17.6 Å². The van der Waals surface area contributed by atoms with E-state index >= 15 is 0 Å². The molecule has 3 nitrogen and oxygen atoms in total. The summed E-state index contributed by atoms with van der Waals surface area (Å²) in [5.74, 6) is -0.245. The predicted octanol–water partition coefficient (Wildman–Crippen LogP) is 3.30. The minimum atomic E-state index is -0.639. The van der Waals surface area contributed by atoms with Gasteiger partial charge in [-0.2, -0.15) is 0 Å². The number of epoxide rings is 1. The Morgan fingerprint density at radius 2 is 2.21 bits per heavy atom. The van der Waals surface area contributed by atoms with Gasteiger partial charge < -0.3 is 9.47 Å². The Hall–Kier alpha value is -1.06. The fraction of sp³-hybridized carbons (Fsp3) is 0.533. The maximum Gasteiger partial charge on any atom is 0.340 e. The lowest BCUT2D eigenvalue weighted by Crippen LogP contribution is -2.25. The number of carbonyl (C=O) groups is 1. The number of carbonyl (C=O) groups excluding carboxylic acids is 1. The highest BCUT2D eigenvalue weighted by atomic mass is 35.5. The van der Waals surface area contributed by atoms with Gasteiger partial charge in [0, 0.05) is 5.02 Å². The van der Waals surface area contributed by atoms with E-state index in [4.69, 9.17) is 21.1 Å². The highest BCUT2D eigenvalue weighted by Gasteiger charge is 2.52. The summed E-state index contributed by atoms with van der Waals surface area (Å²) in [5.41, 5.74) is 1.69. The number of rotatable bonds is 6. The topological polar surface area (TPSA) is 38.8 Å². The lowest BCUT2D eigenvalue weighted by molar-refractivity contribution is -0.147. The molecule has 19 heavy (non-hydrogen) atoms. The maximum atomic E-state index is 11.5. The molecule has 0 aliphatic carbocycles. The van der Waals surface area contributed by atoms with Crippen molar-refractivity contribution < 1.29 is 14.3 Å². The zero-order valence-corrected chi connectivity index (χ0v) is 12.1. The molecular weight excluding hydrogens is 264 g/mol. The smallest absolute Gasteiger partial charge is 0.340 e. The molecule has 4 heteroatoms. The first-order chi connectivity index (χ1) is 9.07. The highest BCUT2D eigenvalue weighted by molar-refractivity contribution is 6.31. The van der Waals surface area contributed by atoms with Gasteiger partial charge in [0.1, 0.15) is 0 Å². The third kappa shape index (κ3) is 3.48. The van der Waals surface area contributed by atoms with E-state index in [0.29, 0.717) is 6.61 Å². The molecule has 104 valence electrons. The average molecular weight is 283 g/mol. The van der Waals surface area contributed by atoms with Gasteiger partial charge in [0.2, 0.25) is 0 Å². The van der Waals surface area contributed by atoms with Crippen molar-refractivity contribution in [2.24, 2.45) is 0 Å². The standard InChI is InChI=1S/C15H19ClO3/c1-11-6-7-12(9-13(11)16)5-3-4-8-15(10-19-15)14(17)18-2/h6-7,9H,3-5,8,10H2,1-2H3. The largest absolute Gasteiger partial charge is 0.467 e. The Morgan fingerprint density at radius 3 is 2.79 bits per heavy atom. The number of benzene rings is 1. The highest BCUT2D eigenvalue weighted by Crippen LogP contribution is 2.34. The van der Waals surface area contributed by atoms with E-state index < -0.39 is 5.60 Å². The van der Waals surface area contributed by atoms with Crippen LogP contribution in [0, 0.1) is 6.92 Å². The number of halogens is 1. The summed E-state index contributed by atoms with van der Waals surface area (Å²) in [7, 11) is 1.40. The Morgan fingerprint density at radius 1 is 1.47 bits per heavy atom. The second-order valence-electron chi connectivity index (χ2n) is 5.07. The molecule has 1 aliphatic rings. The normalized spacial score (nSPS) is 21.2. The molecule has 0 saturated carbocycles. The summed E-state index contributed by atoms with van der Waals surface area (Å²) in [4.78, 5) is 11.5. The number of hydrogen-bond acceptors (Lipinski definition) is 3. The molecule has 1 unspecified atom stereocenters. The summed E-state index contributed by atoms with van der Waals surface area (Å²) >= 11 is 6.09. The molecule has 1 atom stereocenters. The predicted molar refractivity (Wildman–Crippen MR) is 74.4 cm³/mol. The second kappa shape index (κ2) is 5.93. The molecule has 1 saturated heterocycles. The van der Waals surface area contributed by atoms with Crippen molar-refractivity contribution in [2.75, 3.05) is 13.7 Å². The van der Waals surface area contributed by atoms with Gasteiger partial charge in [-0.15, -0.1) is 0 Å². The van der Waals surface area contributed by atoms with Gasteiger partial charge in [-0.3, -0.25) is 0 Å². The monoisotopic (exact) mass is 282 g/mol. The van der Waals surface area contributed by atoms with Crippen molar-refractivity contribution in [2.45, 2.75) is 38.2 Å². The van der Waals surface area contributed by atoms with E-state index in [1.165, 1.54) is 12.7 Å². The molecule has 0 bridgehead atoms. The van der Waals surface area contributed by atoms with E-state index in [0.717, 1.165) is 36.3 Å². The molecule has 0 N–H and O–H groups in total. The van der Waals surface area contributed by atoms with Gasteiger partial charge in [0.25, 0.3) is 0 Å². The van der Waals surface area contributed by atoms with Gasteiger partial charge in [-0.05, 0) is 49.8 Å². The number of ether oxygens (including phenoxy) is 2. The van der Waals surface area contributed by atoms with E-state index in [1.807, 2.05) is 19.1 Å². The molecule has 0 spiro atoms. The number of hydrogen-bond donors (Lipinski definition) is 0. The van der Waals surface area contributed by atoms with Gasteiger partial charge in [-0.1, -0.05) is 23.7 Å². The van der Waals surface area contributed by atoms with Gasteiger partial charge in [0.05, 0.1) is 13.7 Å². The fourth-order valence-corrected chi connectivity index (χ4v) is 2.37. The Balaban J connectivity index is 1.75. The lowest BCUT2D eigenvalue weighted by Gasteiger charge is -2.09. The SMILES string of the molecule is COC(=O)C1(CCCCc2ccc(C)c(Cl)c2)CO1. The van der Waals surface area contributed by atoms with Crippen molar-refractivity contribution in [3.05, 3.63) is 34.3 Å². The van der Waals surface area contributed by atoms with Crippen LogP contribution in [-0.4, -0.2) is 25.3 Å². The molecule has 1 heterocycles. The number of methoxy groups -OCH3 is 1. The Labute approximate surface area is 118 Å². The fourth-order valence-electron chi connectivity index (χ4n) is 2.17. The van der Waals surface area contributed by atoms with Crippen LogP contribution in [0.4, 0.5) is 0 Å². The number of unbranched alkanes of at least 4 members (excludes halogenated alkanes) is 1. The first-order valence-electron chi connectivity index (χ1n) is 6.55. The zero-order valence-electron chi connectivity index (χ0n) is 11.4. The van der Waals surface area contributed by atoms with Crippen LogP contribution in [0.25, 0.3) is 0 Å². The molecule has 0 aromatic heterocycles. The van der Waals surface area contributed by atoms with Crippen molar-refractivity contribution in [3.8, 4) is 0 Å². The average Bonchev–Trinajstić information content (AvgIpc) is 3.19. The van der Waals surface area contributed by atoms with Gasteiger partial charge in [0.15, 0.2) is 5.60 Å². The number of esters is 1. The zero-order chi connectivity index (χ0) is 13.9. The van der Waals surface area contributed by atoms with Crippen LogP contribution in [0.5, 0.6) is 0 Å². The molecule has 0 amide bonds. The van der Waals surface area contributed by atoms with Crippen LogP contribution in [0.15, 0.2) is 18.2 Å². The third-order valence-electron chi connectivity index (χ3n) is 3.58. The van der Waals surface area contributed by atoms with Crippen LogP contribution < -0.4 is 0 Å². The van der Waals surface area contributed by atoms with Crippen LogP contribution in [0.2, 0.25) is 5.02 Å². The Bertz CT molecular complexity index is 466. The number of aryl methyl sites for hydroxylation is 2. The van der Waals surface area contributed by atoms with Crippen molar-refractivity contribution in [3.63, 3.8) is 0 Å². The first-order valence-corrected chi connectivity index (χ1v) is 6.92. The quantitative estimate of drug-likeness (QED) is 0.456. The minimum absolute atomic E-state index is 0.245. The molecule has 0 radical (unpaired) electrons. The minimum Gasteiger partial charge on any atom is -0.467 e. The second-order valence-corrected chi connectivity index (χ2v) is 5.47. The Kier molecular flexibility index (Phi) is 4.48. The maximum absolute atomic E-state index is 11.5.